The molecular formula is C44H38N4O6. The van der Waals surface area contributed by atoms with Crippen LogP contribution in [0, 0.1) is 0 Å². The third-order valence-corrected chi connectivity index (χ3v) is 8.68. The molecule has 0 fully saturated rings. The van der Waals surface area contributed by atoms with Crippen molar-refractivity contribution < 1.29 is 28.9 Å². The molecule has 0 heterocycles. The van der Waals surface area contributed by atoms with Crippen LogP contribution in [0.3, 0.4) is 0 Å². The molecule has 5 N–H and O–H groups in total. The molecule has 10 heteroatoms. The average molecular weight is 719 g/mol. The zero-order valence-corrected chi connectivity index (χ0v) is 29.5. The highest BCUT2D eigenvalue weighted by Crippen LogP contribution is 2.47. The van der Waals surface area contributed by atoms with Crippen LogP contribution in [0.4, 0.5) is 32.3 Å². The molecular weight excluding hydrogens is 681 g/mol. The topological polar surface area (TPSA) is 130 Å². The lowest BCUT2D eigenvalue weighted by atomic mass is 9.90. The highest BCUT2D eigenvalue weighted by molar-refractivity contribution is 6.10. The molecule has 7 rings (SSSR count). The summed E-state index contributed by atoms with van der Waals surface area (Å²) in [5.41, 5.74) is 4.96. The smallest absolute Gasteiger partial charge is 0.323 e. The number of fused-ring (bicyclic) bond motifs is 2. The number of nitrogens with one attached hydrogen (secondary N) is 4. The van der Waals surface area contributed by atoms with E-state index >= 15 is 0 Å². The monoisotopic (exact) mass is 718 g/mol. The summed E-state index contributed by atoms with van der Waals surface area (Å²) < 4.78 is 18.2. The SMILES string of the molecule is COCOc1c(CO)cc2ccccc2c1-c1c(OCc2cc(NC(=O)Nc3ccccc3)cc(NC(=O)Nc3ccccc3)c2)ccc2ccccc12. The minimum atomic E-state index is -0.449. The molecule has 0 radical (unpaired) electrons. The van der Waals surface area contributed by atoms with Crippen molar-refractivity contribution in [3.63, 3.8) is 0 Å². The van der Waals surface area contributed by atoms with Gasteiger partial charge in [-0.25, -0.2) is 9.59 Å². The Morgan fingerprint density at radius 1 is 0.556 bits per heavy atom. The maximum atomic E-state index is 13.0. The van der Waals surface area contributed by atoms with Crippen LogP contribution in [0.2, 0.25) is 0 Å². The van der Waals surface area contributed by atoms with E-state index < -0.39 is 12.1 Å². The molecule has 0 bridgehead atoms. The molecule has 0 saturated carbocycles. The van der Waals surface area contributed by atoms with Crippen molar-refractivity contribution >= 4 is 56.4 Å². The van der Waals surface area contributed by atoms with Crippen LogP contribution in [0.5, 0.6) is 11.5 Å². The molecule has 4 amide bonds. The number of carbonyl (C=O) groups excluding carboxylic acids is 2. The van der Waals surface area contributed by atoms with Gasteiger partial charge in [0.25, 0.3) is 0 Å². The van der Waals surface area contributed by atoms with Crippen LogP contribution >= 0.6 is 0 Å². The molecule has 0 atom stereocenters. The van der Waals surface area contributed by atoms with Gasteiger partial charge in [-0.2, -0.15) is 0 Å². The molecule has 7 aromatic carbocycles. The van der Waals surface area contributed by atoms with Gasteiger partial charge in [0.2, 0.25) is 0 Å². The van der Waals surface area contributed by atoms with E-state index in [0.29, 0.717) is 45.4 Å². The normalized spacial score (nSPS) is 10.9. The Balaban J connectivity index is 1.27. The number of benzene rings is 7. The number of hydrogen-bond acceptors (Lipinski definition) is 6. The second kappa shape index (κ2) is 16.6. The third kappa shape index (κ3) is 8.26. The maximum Gasteiger partial charge on any atom is 0.323 e. The summed E-state index contributed by atoms with van der Waals surface area (Å²) in [6.07, 6.45) is 0. The first-order chi connectivity index (χ1) is 26.5. The van der Waals surface area contributed by atoms with Gasteiger partial charge in [-0.05, 0) is 81.7 Å². The highest BCUT2D eigenvalue weighted by atomic mass is 16.7. The number of amides is 4. The van der Waals surface area contributed by atoms with Crippen molar-refractivity contribution in [2.45, 2.75) is 13.2 Å². The van der Waals surface area contributed by atoms with Crippen LogP contribution in [0.25, 0.3) is 32.7 Å². The number of methoxy groups -OCH3 is 1. The van der Waals surface area contributed by atoms with Gasteiger partial charge in [0, 0.05) is 46.5 Å². The number of para-hydroxylation sites is 2. The summed E-state index contributed by atoms with van der Waals surface area (Å²) >= 11 is 0. The second-order valence-electron chi connectivity index (χ2n) is 12.4. The molecule has 54 heavy (non-hydrogen) atoms. The van der Waals surface area contributed by atoms with Gasteiger partial charge >= 0.3 is 12.1 Å². The lowest BCUT2D eigenvalue weighted by Gasteiger charge is -2.21. The van der Waals surface area contributed by atoms with Gasteiger partial charge in [-0.1, -0.05) is 91.0 Å². The van der Waals surface area contributed by atoms with Crippen LogP contribution in [-0.2, 0) is 18.0 Å². The first-order valence-corrected chi connectivity index (χ1v) is 17.3. The molecule has 0 aromatic heterocycles. The third-order valence-electron chi connectivity index (χ3n) is 8.68. The van der Waals surface area contributed by atoms with E-state index in [4.69, 9.17) is 14.2 Å². The van der Waals surface area contributed by atoms with Gasteiger partial charge in [0.1, 0.15) is 18.1 Å². The van der Waals surface area contributed by atoms with Crippen molar-refractivity contribution in [3.8, 4) is 22.6 Å². The van der Waals surface area contributed by atoms with Crippen molar-refractivity contribution in [1.29, 1.82) is 0 Å². The number of aliphatic hydroxyl groups is 1. The molecule has 0 unspecified atom stereocenters. The number of anilines is 4. The van der Waals surface area contributed by atoms with Gasteiger partial charge in [0.15, 0.2) is 6.79 Å². The Bertz CT molecular complexity index is 2350. The van der Waals surface area contributed by atoms with E-state index in [2.05, 4.69) is 21.3 Å². The van der Waals surface area contributed by atoms with Crippen LogP contribution in [-0.4, -0.2) is 31.1 Å². The van der Waals surface area contributed by atoms with E-state index in [9.17, 15) is 14.7 Å². The van der Waals surface area contributed by atoms with E-state index in [1.165, 1.54) is 0 Å². The van der Waals surface area contributed by atoms with Crippen molar-refractivity contribution in [2.24, 2.45) is 0 Å². The van der Waals surface area contributed by atoms with Crippen molar-refractivity contribution in [1.82, 2.24) is 0 Å². The molecule has 0 aliphatic rings. The summed E-state index contributed by atoms with van der Waals surface area (Å²) in [7, 11) is 1.55. The summed E-state index contributed by atoms with van der Waals surface area (Å²) in [6.45, 7) is -0.199. The van der Waals surface area contributed by atoms with Crippen molar-refractivity contribution in [3.05, 3.63) is 157 Å². The summed E-state index contributed by atoms with van der Waals surface area (Å²) in [5.74, 6) is 1.05. The maximum absolute atomic E-state index is 13.0. The average Bonchev–Trinajstić information content (AvgIpc) is 3.19. The zero-order chi connectivity index (χ0) is 37.3. The van der Waals surface area contributed by atoms with Gasteiger partial charge in [-0.3, -0.25) is 0 Å². The standard InChI is InChI=1S/C44H38N4O6/c1-52-28-54-42-32(26-49)24-31-13-9-11-19-38(31)41(42)40-37-18-10-8-12-30(37)20-21-39(40)53-27-29-22-35(47-43(50)45-33-14-4-2-5-15-33)25-36(23-29)48-44(51)46-34-16-6-3-7-17-34/h2-25,49H,26-28H2,1H3,(H2,45,47,50)(H2,46,48,51). The van der Waals surface area contributed by atoms with E-state index in [0.717, 1.165) is 32.7 Å². The number of urea groups is 2. The summed E-state index contributed by atoms with van der Waals surface area (Å²) in [5, 5.41) is 25.7. The van der Waals surface area contributed by atoms with Crippen LogP contribution < -0.4 is 30.7 Å². The predicted molar refractivity (Wildman–Crippen MR) is 214 cm³/mol. The Morgan fingerprint density at radius 2 is 1.09 bits per heavy atom. The zero-order valence-electron chi connectivity index (χ0n) is 29.5. The predicted octanol–water partition coefficient (Wildman–Crippen LogP) is 10.0. The Morgan fingerprint density at radius 3 is 1.69 bits per heavy atom. The Kier molecular flexibility index (Phi) is 10.9. The van der Waals surface area contributed by atoms with Gasteiger partial charge in [0.05, 0.1) is 6.61 Å². The molecule has 7 aromatic rings. The lowest BCUT2D eigenvalue weighted by Crippen LogP contribution is -2.21. The first kappa shape index (κ1) is 35.5. The summed E-state index contributed by atoms with van der Waals surface area (Å²) in [6, 6.07) is 44.3. The number of ether oxygens (including phenoxy) is 3. The molecule has 0 aliphatic carbocycles. The quantitative estimate of drug-likeness (QED) is 0.0800. The molecule has 0 saturated heterocycles. The fourth-order valence-electron chi connectivity index (χ4n) is 6.38. The van der Waals surface area contributed by atoms with E-state index in [1.54, 1.807) is 49.6 Å². The second-order valence-corrected chi connectivity index (χ2v) is 12.4. The number of hydrogen-bond donors (Lipinski definition) is 5. The number of carbonyl (C=O) groups is 2. The fraction of sp³-hybridized carbons (Fsp3) is 0.0909. The molecule has 10 nitrogen and oxygen atoms in total. The lowest BCUT2D eigenvalue weighted by molar-refractivity contribution is 0.0500. The summed E-state index contributed by atoms with van der Waals surface area (Å²) in [4.78, 5) is 26.1. The molecule has 0 aliphatic heterocycles. The Hall–Kier alpha value is -6.88. The number of rotatable bonds is 12. The molecule has 0 spiro atoms. The van der Waals surface area contributed by atoms with Gasteiger partial charge in [-0.15, -0.1) is 0 Å². The van der Waals surface area contributed by atoms with Gasteiger partial charge < -0.3 is 40.6 Å². The van der Waals surface area contributed by atoms with Crippen molar-refractivity contribution in [2.75, 3.05) is 35.2 Å². The van der Waals surface area contributed by atoms with E-state index in [-0.39, 0.29) is 20.0 Å². The number of aliphatic hydroxyl groups excluding tert-OH is 1. The van der Waals surface area contributed by atoms with Crippen LogP contribution in [0.1, 0.15) is 11.1 Å². The van der Waals surface area contributed by atoms with Crippen LogP contribution in [0.15, 0.2) is 146 Å². The van der Waals surface area contributed by atoms with E-state index in [1.807, 2.05) is 103 Å². The minimum Gasteiger partial charge on any atom is -0.488 e. The first-order valence-electron chi connectivity index (χ1n) is 17.3. The largest absolute Gasteiger partial charge is 0.488 e. The highest BCUT2D eigenvalue weighted by Gasteiger charge is 2.22. The molecule has 270 valence electrons. The minimum absolute atomic E-state index is 0.0232. The fourth-order valence-corrected chi connectivity index (χ4v) is 6.38. The Labute approximate surface area is 312 Å².